The Labute approximate surface area is 101 Å². The van der Waals surface area contributed by atoms with Gasteiger partial charge < -0.3 is 20.5 Å². The van der Waals surface area contributed by atoms with E-state index >= 15 is 0 Å². The molecule has 0 spiro atoms. The lowest BCUT2D eigenvalue weighted by atomic mass is 10.0. The molecule has 1 saturated heterocycles. The summed E-state index contributed by atoms with van der Waals surface area (Å²) in [5.41, 5.74) is 5.74. The van der Waals surface area contributed by atoms with Gasteiger partial charge in [-0.3, -0.25) is 9.59 Å². The lowest BCUT2D eigenvalue weighted by Crippen LogP contribution is -2.50. The molecule has 0 aromatic heterocycles. The van der Waals surface area contributed by atoms with Crippen molar-refractivity contribution in [2.45, 2.75) is 31.8 Å². The summed E-state index contributed by atoms with van der Waals surface area (Å²) in [5.74, 6) is -1.80. The minimum absolute atomic E-state index is 0.153. The number of hydrogen-bond donors (Lipinski definition) is 2. The maximum Gasteiger partial charge on any atom is 0.311 e. The third kappa shape index (κ3) is 3.17. The molecule has 1 amide bonds. The summed E-state index contributed by atoms with van der Waals surface area (Å²) in [6.45, 7) is 2.37. The van der Waals surface area contributed by atoms with Crippen LogP contribution in [0.3, 0.4) is 0 Å². The number of carboxylic acids is 1. The number of hydrogen-bond acceptors (Lipinski definition) is 4. The fraction of sp³-hybridized carbons (Fsp3) is 0.818. The van der Waals surface area contributed by atoms with Crippen LogP contribution in [-0.4, -0.2) is 54.2 Å². The van der Waals surface area contributed by atoms with Crippen LogP contribution in [0.25, 0.3) is 0 Å². The van der Waals surface area contributed by atoms with Crippen molar-refractivity contribution in [2.75, 3.05) is 20.3 Å². The van der Waals surface area contributed by atoms with Crippen molar-refractivity contribution >= 4 is 11.9 Å². The van der Waals surface area contributed by atoms with E-state index in [1.54, 1.807) is 7.05 Å². The van der Waals surface area contributed by atoms with Crippen molar-refractivity contribution in [1.82, 2.24) is 4.90 Å². The number of nitrogens with zero attached hydrogens (tertiary/aromatic N) is 1. The summed E-state index contributed by atoms with van der Waals surface area (Å²) in [4.78, 5) is 24.3. The molecule has 0 aromatic carbocycles. The first-order valence-corrected chi connectivity index (χ1v) is 5.81. The topological polar surface area (TPSA) is 92.9 Å². The van der Waals surface area contributed by atoms with Gasteiger partial charge in [-0.1, -0.05) is 13.3 Å². The van der Waals surface area contributed by atoms with Crippen molar-refractivity contribution < 1.29 is 19.4 Å². The van der Waals surface area contributed by atoms with E-state index in [1.165, 1.54) is 4.90 Å². The number of rotatable bonds is 5. The highest BCUT2D eigenvalue weighted by Crippen LogP contribution is 2.19. The van der Waals surface area contributed by atoms with Crippen molar-refractivity contribution in [3.63, 3.8) is 0 Å². The van der Waals surface area contributed by atoms with Crippen LogP contribution in [0.5, 0.6) is 0 Å². The molecule has 1 heterocycles. The van der Waals surface area contributed by atoms with Gasteiger partial charge in [0.1, 0.15) is 5.92 Å². The molecule has 6 nitrogen and oxygen atoms in total. The maximum absolute atomic E-state index is 11.9. The van der Waals surface area contributed by atoms with Gasteiger partial charge in [-0.25, -0.2) is 0 Å². The molecular weight excluding hydrogens is 224 g/mol. The number of carbonyl (C=O) groups excluding carboxylic acids is 1. The number of amides is 1. The lowest BCUT2D eigenvalue weighted by Gasteiger charge is -2.28. The Morgan fingerprint density at radius 1 is 1.53 bits per heavy atom. The van der Waals surface area contributed by atoms with Crippen molar-refractivity contribution in [3.05, 3.63) is 0 Å². The van der Waals surface area contributed by atoms with Crippen molar-refractivity contribution in [2.24, 2.45) is 11.7 Å². The molecule has 1 aliphatic rings. The van der Waals surface area contributed by atoms with E-state index in [4.69, 9.17) is 15.6 Å². The fourth-order valence-corrected chi connectivity index (χ4v) is 2.02. The van der Waals surface area contributed by atoms with Crippen LogP contribution < -0.4 is 5.73 Å². The zero-order valence-electron chi connectivity index (χ0n) is 10.3. The zero-order chi connectivity index (χ0) is 13.0. The molecule has 0 saturated carbocycles. The summed E-state index contributed by atoms with van der Waals surface area (Å²) in [7, 11) is 1.59. The Bertz CT molecular complexity index is 295. The highest BCUT2D eigenvalue weighted by Gasteiger charge is 2.39. The number of nitrogens with two attached hydrogens (primary N) is 1. The van der Waals surface area contributed by atoms with Gasteiger partial charge >= 0.3 is 5.97 Å². The Morgan fingerprint density at radius 2 is 2.18 bits per heavy atom. The van der Waals surface area contributed by atoms with E-state index in [1.807, 2.05) is 6.92 Å². The molecule has 17 heavy (non-hydrogen) atoms. The van der Waals surface area contributed by atoms with Crippen LogP contribution in [0.15, 0.2) is 0 Å². The number of ether oxygens (including phenoxy) is 1. The van der Waals surface area contributed by atoms with E-state index in [-0.39, 0.29) is 19.1 Å². The lowest BCUT2D eigenvalue weighted by molar-refractivity contribution is -0.144. The average molecular weight is 244 g/mol. The van der Waals surface area contributed by atoms with E-state index in [0.29, 0.717) is 6.42 Å². The third-order valence-electron chi connectivity index (χ3n) is 3.13. The zero-order valence-corrected chi connectivity index (χ0v) is 10.3. The quantitative estimate of drug-likeness (QED) is 0.691. The van der Waals surface area contributed by atoms with Gasteiger partial charge in [0.05, 0.1) is 25.3 Å². The Morgan fingerprint density at radius 3 is 2.71 bits per heavy atom. The van der Waals surface area contributed by atoms with E-state index in [9.17, 15) is 9.59 Å². The Hall–Kier alpha value is -1.14. The molecule has 2 unspecified atom stereocenters. The van der Waals surface area contributed by atoms with Crippen LogP contribution in [0, 0.1) is 5.92 Å². The first-order chi connectivity index (χ1) is 7.99. The monoisotopic (exact) mass is 244 g/mol. The molecule has 3 N–H and O–H groups in total. The normalized spacial score (nSPS) is 25.6. The van der Waals surface area contributed by atoms with Gasteiger partial charge in [0.15, 0.2) is 0 Å². The largest absolute Gasteiger partial charge is 0.481 e. The number of aliphatic carboxylic acids is 1. The standard InChI is InChI=1S/C11H20N2O4/c1-3-4-8(12)10(14)13(2)9-6-17-5-7(9)11(15)16/h7-9H,3-6,12H2,1-2H3,(H,15,16)/t7?,8-,9?/m1/s1. The molecule has 1 fully saturated rings. The second-order valence-electron chi connectivity index (χ2n) is 4.39. The van der Waals surface area contributed by atoms with Gasteiger partial charge in [0.25, 0.3) is 0 Å². The molecular formula is C11H20N2O4. The molecule has 1 rings (SSSR count). The molecule has 0 aliphatic carbocycles. The number of carbonyl (C=O) groups is 2. The van der Waals surface area contributed by atoms with E-state index in [2.05, 4.69) is 0 Å². The van der Waals surface area contributed by atoms with Crippen LogP contribution in [0.2, 0.25) is 0 Å². The highest BCUT2D eigenvalue weighted by molar-refractivity contribution is 5.82. The van der Waals surface area contributed by atoms with Crippen LogP contribution in [0.4, 0.5) is 0 Å². The molecule has 6 heteroatoms. The average Bonchev–Trinajstić information content (AvgIpc) is 2.76. The van der Waals surface area contributed by atoms with Gasteiger partial charge in [-0.15, -0.1) is 0 Å². The molecule has 0 aromatic rings. The smallest absolute Gasteiger partial charge is 0.311 e. The van der Waals surface area contributed by atoms with E-state index in [0.717, 1.165) is 6.42 Å². The molecule has 98 valence electrons. The first kappa shape index (κ1) is 13.9. The highest BCUT2D eigenvalue weighted by atomic mass is 16.5. The molecule has 0 bridgehead atoms. The SMILES string of the molecule is CCC[C@@H](N)C(=O)N(C)C1COCC1C(=O)O. The molecule has 3 atom stereocenters. The predicted molar refractivity (Wildman–Crippen MR) is 61.4 cm³/mol. The second-order valence-corrected chi connectivity index (χ2v) is 4.39. The minimum atomic E-state index is -0.934. The summed E-state index contributed by atoms with van der Waals surface area (Å²) >= 11 is 0. The van der Waals surface area contributed by atoms with Gasteiger partial charge in [0.2, 0.25) is 5.91 Å². The number of likely N-dealkylation sites (N-methyl/N-ethyl adjacent to an activating group) is 1. The van der Waals surface area contributed by atoms with Crippen LogP contribution in [-0.2, 0) is 14.3 Å². The first-order valence-electron chi connectivity index (χ1n) is 5.81. The van der Waals surface area contributed by atoms with Crippen molar-refractivity contribution in [1.29, 1.82) is 0 Å². The summed E-state index contributed by atoms with van der Waals surface area (Å²) in [5, 5.41) is 9.01. The summed E-state index contributed by atoms with van der Waals surface area (Å²) in [6.07, 6.45) is 1.43. The predicted octanol–water partition coefficient (Wildman–Crippen LogP) is -0.328. The van der Waals surface area contributed by atoms with Gasteiger partial charge in [0, 0.05) is 7.05 Å². The third-order valence-corrected chi connectivity index (χ3v) is 3.13. The van der Waals surface area contributed by atoms with E-state index < -0.39 is 24.0 Å². The maximum atomic E-state index is 11.9. The number of carboxylic acid groups (broad SMARTS) is 1. The van der Waals surface area contributed by atoms with Gasteiger partial charge in [-0.2, -0.15) is 0 Å². The molecule has 1 aliphatic heterocycles. The Balaban J connectivity index is 2.65. The summed E-state index contributed by atoms with van der Waals surface area (Å²) < 4.78 is 5.13. The van der Waals surface area contributed by atoms with Gasteiger partial charge in [-0.05, 0) is 6.42 Å². The van der Waals surface area contributed by atoms with Crippen LogP contribution in [0.1, 0.15) is 19.8 Å². The second kappa shape index (κ2) is 5.97. The minimum Gasteiger partial charge on any atom is -0.481 e. The Kier molecular flexibility index (Phi) is 4.89. The van der Waals surface area contributed by atoms with Crippen LogP contribution >= 0.6 is 0 Å². The molecule has 0 radical (unpaired) electrons. The summed E-state index contributed by atoms with van der Waals surface area (Å²) in [6, 6.07) is -0.969. The van der Waals surface area contributed by atoms with Crippen molar-refractivity contribution in [3.8, 4) is 0 Å². The fourth-order valence-electron chi connectivity index (χ4n) is 2.02.